The highest BCUT2D eigenvalue weighted by molar-refractivity contribution is 5.89. The van der Waals surface area contributed by atoms with E-state index in [-0.39, 0.29) is 11.3 Å². The van der Waals surface area contributed by atoms with Crippen LogP contribution in [-0.2, 0) is 4.79 Å². The van der Waals surface area contributed by atoms with Crippen LogP contribution in [0.2, 0.25) is 0 Å². The molecule has 2 saturated heterocycles. The van der Waals surface area contributed by atoms with Gasteiger partial charge in [-0.05, 0) is 42.7 Å². The van der Waals surface area contributed by atoms with Crippen LogP contribution in [0.15, 0.2) is 48.8 Å². The van der Waals surface area contributed by atoms with E-state index in [2.05, 4.69) is 33.1 Å². The lowest BCUT2D eigenvalue weighted by Gasteiger charge is -2.61. The molecule has 1 saturated carbocycles. The molecule has 0 radical (unpaired) electrons. The number of rotatable bonds is 4. The van der Waals surface area contributed by atoms with Crippen molar-refractivity contribution >= 4 is 22.5 Å². The molecule has 1 aliphatic carbocycles. The summed E-state index contributed by atoms with van der Waals surface area (Å²) in [6.45, 7) is 3.33. The predicted molar refractivity (Wildman–Crippen MR) is 117 cm³/mol. The van der Waals surface area contributed by atoms with E-state index in [1.807, 2.05) is 35.5 Å². The molecule has 0 unspecified atom stereocenters. The Kier molecular flexibility index (Phi) is 3.84. The van der Waals surface area contributed by atoms with Gasteiger partial charge in [0.05, 0.1) is 24.5 Å². The van der Waals surface area contributed by atoms with E-state index in [0.29, 0.717) is 18.7 Å². The maximum Gasteiger partial charge on any atom is 0.254 e. The number of anilines is 1. The molecule has 1 spiro atoms. The molecule has 2 aliphatic heterocycles. The zero-order valence-electron chi connectivity index (χ0n) is 17.4. The third-order valence-electron chi connectivity index (χ3n) is 6.81. The van der Waals surface area contributed by atoms with E-state index in [1.165, 1.54) is 0 Å². The Morgan fingerprint density at radius 3 is 2.58 bits per heavy atom. The first-order valence-corrected chi connectivity index (χ1v) is 10.6. The van der Waals surface area contributed by atoms with Crippen molar-refractivity contribution in [1.82, 2.24) is 14.9 Å². The van der Waals surface area contributed by atoms with Gasteiger partial charge < -0.3 is 19.6 Å². The topological polar surface area (TPSA) is 78.8 Å². The number of hydrogen-bond acceptors (Lipinski definition) is 6. The lowest BCUT2D eigenvalue weighted by atomic mass is 9.72. The second kappa shape index (κ2) is 6.40. The lowest BCUT2D eigenvalue weighted by Crippen LogP contribution is -2.74. The number of ether oxygens (including phenoxy) is 1. The van der Waals surface area contributed by atoms with Gasteiger partial charge in [0.15, 0.2) is 0 Å². The van der Waals surface area contributed by atoms with Crippen molar-refractivity contribution in [3.05, 3.63) is 48.8 Å². The van der Waals surface area contributed by atoms with Crippen LogP contribution < -0.4 is 9.64 Å². The molecule has 6 rings (SSSR count). The smallest absolute Gasteiger partial charge is 0.254 e. The first-order valence-electron chi connectivity index (χ1n) is 10.6. The Balaban J connectivity index is 1.16. The molecule has 4 heterocycles. The minimum atomic E-state index is -1.05. The predicted octanol–water partition coefficient (Wildman–Crippen LogP) is 2.48. The summed E-state index contributed by atoms with van der Waals surface area (Å²) in [6, 6.07) is 12.2. The summed E-state index contributed by atoms with van der Waals surface area (Å²) in [6.07, 6.45) is 5.01. The molecule has 1 aromatic carbocycles. The Hall–Kier alpha value is -3.19. The number of nitrogens with zero attached hydrogens (tertiary/aromatic N) is 4. The van der Waals surface area contributed by atoms with Gasteiger partial charge in [0, 0.05) is 54.8 Å². The van der Waals surface area contributed by atoms with Crippen molar-refractivity contribution in [2.24, 2.45) is 5.41 Å². The number of likely N-dealkylation sites (tertiary alicyclic amines) is 1. The third-order valence-corrected chi connectivity index (χ3v) is 6.81. The molecule has 158 valence electrons. The van der Waals surface area contributed by atoms with Crippen molar-refractivity contribution in [2.45, 2.75) is 18.4 Å². The van der Waals surface area contributed by atoms with E-state index in [4.69, 9.17) is 4.74 Å². The number of benzene rings is 1. The van der Waals surface area contributed by atoms with E-state index < -0.39 is 5.60 Å². The number of carbonyl (C=O) groups is 1. The summed E-state index contributed by atoms with van der Waals surface area (Å²) in [5.74, 6) is 0.529. The largest absolute Gasteiger partial charge is 0.481 e. The third kappa shape index (κ3) is 3.03. The van der Waals surface area contributed by atoms with Gasteiger partial charge in [-0.2, -0.15) is 0 Å². The molecule has 0 bridgehead atoms. The van der Waals surface area contributed by atoms with Crippen LogP contribution in [0.5, 0.6) is 5.88 Å². The highest BCUT2D eigenvalue weighted by Gasteiger charge is 2.58. The molecular weight excluding hydrogens is 392 g/mol. The molecule has 3 fully saturated rings. The number of carbonyl (C=O) groups excluding carboxylic acids is 1. The quantitative estimate of drug-likeness (QED) is 0.704. The Morgan fingerprint density at radius 1 is 1.03 bits per heavy atom. The normalized spacial score (nSPS) is 20.3. The number of hydrogen-bond donors (Lipinski definition) is 1. The number of amides is 1. The van der Waals surface area contributed by atoms with Crippen LogP contribution in [0.4, 0.5) is 5.69 Å². The van der Waals surface area contributed by atoms with Gasteiger partial charge in [-0.1, -0.05) is 6.07 Å². The second-order valence-corrected chi connectivity index (χ2v) is 9.24. The van der Waals surface area contributed by atoms with Crippen LogP contribution in [0.3, 0.4) is 0 Å². The zero-order valence-corrected chi connectivity index (χ0v) is 17.4. The monoisotopic (exact) mass is 416 g/mol. The first-order chi connectivity index (χ1) is 15.0. The molecule has 7 heteroatoms. The van der Waals surface area contributed by atoms with Gasteiger partial charge in [-0.15, -0.1) is 0 Å². The minimum absolute atomic E-state index is 0.0800. The molecule has 0 atom stereocenters. The van der Waals surface area contributed by atoms with Gasteiger partial charge in [-0.25, -0.2) is 4.98 Å². The molecular formula is C24H24N4O3. The maximum absolute atomic E-state index is 12.3. The Bertz CT molecular complexity index is 1190. The van der Waals surface area contributed by atoms with Crippen LogP contribution in [0.25, 0.3) is 22.0 Å². The molecule has 31 heavy (non-hydrogen) atoms. The van der Waals surface area contributed by atoms with Gasteiger partial charge >= 0.3 is 0 Å². The van der Waals surface area contributed by atoms with Crippen LogP contribution in [0, 0.1) is 5.41 Å². The standard InChI is InChI=1S/C24H24N4O3/c1-31-21-5-3-17-8-16(2-4-20(17)26-21)18-9-19(11-25-10-18)27-12-23(13-27)14-28(15-23)22(29)24(30)6-7-24/h2-5,8-11,30H,6-7,12-15H2,1H3. The van der Waals surface area contributed by atoms with Crippen molar-refractivity contribution < 1.29 is 14.6 Å². The lowest BCUT2D eigenvalue weighted by molar-refractivity contribution is -0.156. The second-order valence-electron chi connectivity index (χ2n) is 9.24. The van der Waals surface area contributed by atoms with Crippen molar-refractivity contribution in [3.8, 4) is 17.0 Å². The van der Waals surface area contributed by atoms with Gasteiger partial charge in [-0.3, -0.25) is 9.78 Å². The van der Waals surface area contributed by atoms with Gasteiger partial charge in [0.1, 0.15) is 5.60 Å². The van der Waals surface area contributed by atoms with Gasteiger partial charge in [0.25, 0.3) is 5.91 Å². The van der Waals surface area contributed by atoms with Crippen LogP contribution in [0.1, 0.15) is 12.8 Å². The Morgan fingerprint density at radius 2 is 1.84 bits per heavy atom. The Labute approximate surface area is 180 Å². The summed E-state index contributed by atoms with van der Waals surface area (Å²) in [5.41, 5.74) is 3.28. The molecule has 3 aliphatic rings. The van der Waals surface area contributed by atoms with Crippen molar-refractivity contribution in [3.63, 3.8) is 0 Å². The zero-order chi connectivity index (χ0) is 21.2. The highest BCUT2D eigenvalue weighted by Crippen LogP contribution is 2.46. The van der Waals surface area contributed by atoms with Crippen LogP contribution in [-0.4, -0.2) is 64.8 Å². The summed E-state index contributed by atoms with van der Waals surface area (Å²) in [4.78, 5) is 25.3. The summed E-state index contributed by atoms with van der Waals surface area (Å²) in [7, 11) is 1.62. The maximum atomic E-state index is 12.3. The minimum Gasteiger partial charge on any atom is -0.481 e. The molecule has 7 nitrogen and oxygen atoms in total. The number of pyridine rings is 2. The molecule has 2 aromatic heterocycles. The van der Waals surface area contributed by atoms with E-state index in [9.17, 15) is 9.90 Å². The number of aromatic nitrogens is 2. The summed E-state index contributed by atoms with van der Waals surface area (Å²) < 4.78 is 5.21. The van der Waals surface area contributed by atoms with Crippen molar-refractivity contribution in [1.29, 1.82) is 0 Å². The summed E-state index contributed by atoms with van der Waals surface area (Å²) in [5, 5.41) is 11.1. The van der Waals surface area contributed by atoms with Crippen molar-refractivity contribution in [2.75, 3.05) is 38.2 Å². The number of aliphatic hydroxyl groups is 1. The number of fused-ring (bicyclic) bond motifs is 1. The van der Waals surface area contributed by atoms with Crippen LogP contribution >= 0.6 is 0 Å². The fraction of sp³-hybridized carbons (Fsp3) is 0.375. The average Bonchev–Trinajstić information content (AvgIpc) is 3.49. The fourth-order valence-electron chi connectivity index (χ4n) is 4.84. The fourth-order valence-corrected chi connectivity index (χ4v) is 4.84. The summed E-state index contributed by atoms with van der Waals surface area (Å²) >= 11 is 0. The molecule has 1 N–H and O–H groups in total. The molecule has 3 aromatic rings. The van der Waals surface area contributed by atoms with E-state index in [1.54, 1.807) is 7.11 Å². The average molecular weight is 416 g/mol. The highest BCUT2D eigenvalue weighted by atomic mass is 16.5. The SMILES string of the molecule is COc1ccc2cc(-c3cncc(N4CC5(CN(C(=O)C6(O)CC6)C5)C4)c3)ccc2n1. The first kappa shape index (κ1) is 18.6. The van der Waals surface area contributed by atoms with E-state index in [0.717, 1.165) is 53.9 Å². The molecule has 1 amide bonds. The number of methoxy groups -OCH3 is 1. The van der Waals surface area contributed by atoms with Gasteiger partial charge in [0.2, 0.25) is 5.88 Å². The van der Waals surface area contributed by atoms with E-state index >= 15 is 0 Å².